The van der Waals surface area contributed by atoms with Gasteiger partial charge < -0.3 is 14.8 Å². The molecule has 2 rings (SSSR count). The topological polar surface area (TPSA) is 62.5 Å². The normalized spacial score (nSPS) is 17.8. The molecule has 1 heterocycles. The lowest BCUT2D eigenvalue weighted by molar-refractivity contribution is -0.127. The summed E-state index contributed by atoms with van der Waals surface area (Å²) in [7, 11) is 0. The molecule has 1 atom stereocenters. The van der Waals surface area contributed by atoms with Crippen molar-refractivity contribution in [1.82, 2.24) is 5.32 Å². The molecule has 88 valence electrons. The predicted octanol–water partition coefficient (Wildman–Crippen LogP) is 1.62. The van der Waals surface area contributed by atoms with Crippen molar-refractivity contribution in [3.05, 3.63) is 24.2 Å². The Balaban J connectivity index is 1.65. The minimum absolute atomic E-state index is 0.123. The summed E-state index contributed by atoms with van der Waals surface area (Å²) in [5.74, 6) is 0.886. The molecule has 1 saturated carbocycles. The molecule has 2 N–H and O–H groups in total. The molecule has 0 unspecified atom stereocenters. The highest BCUT2D eigenvalue weighted by Crippen LogP contribution is 2.26. The van der Waals surface area contributed by atoms with Crippen LogP contribution in [0.25, 0.3) is 0 Å². The van der Waals surface area contributed by atoms with E-state index in [4.69, 9.17) is 4.42 Å². The zero-order valence-corrected chi connectivity index (χ0v) is 9.19. The van der Waals surface area contributed by atoms with Gasteiger partial charge in [-0.05, 0) is 31.4 Å². The van der Waals surface area contributed by atoms with Gasteiger partial charge in [-0.3, -0.25) is 4.79 Å². The van der Waals surface area contributed by atoms with Gasteiger partial charge in [-0.15, -0.1) is 0 Å². The molecule has 0 bridgehead atoms. The largest absolute Gasteiger partial charge is 0.467 e. The molecule has 0 radical (unpaired) electrons. The first kappa shape index (κ1) is 11.2. The number of hydrogen-bond acceptors (Lipinski definition) is 3. The van der Waals surface area contributed by atoms with Gasteiger partial charge in [0.1, 0.15) is 11.9 Å². The Kier molecular flexibility index (Phi) is 3.62. The van der Waals surface area contributed by atoms with Crippen molar-refractivity contribution in [3.63, 3.8) is 0 Å². The van der Waals surface area contributed by atoms with Crippen molar-refractivity contribution >= 4 is 5.91 Å². The second kappa shape index (κ2) is 5.16. The average Bonchev–Trinajstić information content (AvgIpc) is 2.67. The lowest BCUT2D eigenvalue weighted by atomic mass is 9.85. The van der Waals surface area contributed by atoms with E-state index in [0.29, 0.717) is 18.7 Å². The van der Waals surface area contributed by atoms with Gasteiger partial charge in [0.05, 0.1) is 6.26 Å². The van der Waals surface area contributed by atoms with Crippen LogP contribution in [-0.2, 0) is 4.79 Å². The van der Waals surface area contributed by atoms with E-state index < -0.39 is 6.10 Å². The van der Waals surface area contributed by atoms with E-state index in [-0.39, 0.29) is 11.8 Å². The summed E-state index contributed by atoms with van der Waals surface area (Å²) in [6, 6.07) is 3.48. The van der Waals surface area contributed by atoms with Crippen molar-refractivity contribution < 1.29 is 14.3 Å². The number of carbonyl (C=O) groups is 1. The van der Waals surface area contributed by atoms with Crippen LogP contribution in [0.3, 0.4) is 0 Å². The Bertz CT molecular complexity index is 330. The lowest BCUT2D eigenvalue weighted by Crippen LogP contribution is -2.35. The summed E-state index contributed by atoms with van der Waals surface area (Å²) in [6.07, 6.45) is 4.57. The minimum Gasteiger partial charge on any atom is -0.467 e. The van der Waals surface area contributed by atoms with Crippen LogP contribution in [0, 0.1) is 5.92 Å². The number of aliphatic hydroxyl groups is 1. The average molecular weight is 223 g/mol. The van der Waals surface area contributed by atoms with Crippen molar-refractivity contribution in [2.45, 2.75) is 31.8 Å². The van der Waals surface area contributed by atoms with E-state index in [1.165, 1.54) is 6.26 Å². The smallest absolute Gasteiger partial charge is 0.223 e. The maximum absolute atomic E-state index is 11.5. The summed E-state index contributed by atoms with van der Waals surface area (Å²) in [4.78, 5) is 11.5. The fourth-order valence-electron chi connectivity index (χ4n) is 1.77. The van der Waals surface area contributed by atoms with Crippen LogP contribution in [-0.4, -0.2) is 17.6 Å². The Morgan fingerprint density at radius 1 is 1.62 bits per heavy atom. The molecule has 1 aromatic rings. The molecular weight excluding hydrogens is 206 g/mol. The van der Waals surface area contributed by atoms with Gasteiger partial charge in [-0.25, -0.2) is 0 Å². The molecule has 0 aliphatic heterocycles. The Morgan fingerprint density at radius 2 is 2.44 bits per heavy atom. The summed E-state index contributed by atoms with van der Waals surface area (Å²) >= 11 is 0. The maximum Gasteiger partial charge on any atom is 0.223 e. The molecule has 1 aliphatic rings. The zero-order valence-electron chi connectivity index (χ0n) is 9.19. The van der Waals surface area contributed by atoms with Crippen LogP contribution < -0.4 is 5.32 Å². The fourth-order valence-corrected chi connectivity index (χ4v) is 1.77. The van der Waals surface area contributed by atoms with Gasteiger partial charge in [0.25, 0.3) is 0 Å². The molecular formula is C12H17NO3. The van der Waals surface area contributed by atoms with Gasteiger partial charge in [0.15, 0.2) is 0 Å². The maximum atomic E-state index is 11.5. The zero-order chi connectivity index (χ0) is 11.4. The van der Waals surface area contributed by atoms with Gasteiger partial charge >= 0.3 is 0 Å². The second-order valence-corrected chi connectivity index (χ2v) is 4.24. The molecule has 16 heavy (non-hydrogen) atoms. The van der Waals surface area contributed by atoms with Crippen LogP contribution in [0.15, 0.2) is 22.8 Å². The predicted molar refractivity (Wildman–Crippen MR) is 58.6 cm³/mol. The summed E-state index contributed by atoms with van der Waals surface area (Å²) in [5, 5.41) is 12.5. The molecule has 0 spiro atoms. The molecule has 1 aliphatic carbocycles. The number of furan rings is 1. The standard InChI is InChI=1S/C12H17NO3/c14-10(11-5-2-8-16-11)6-7-13-12(15)9-3-1-4-9/h2,5,8-10,14H,1,3-4,6-7H2,(H,13,15)/t10-/m1/s1. The van der Waals surface area contributed by atoms with Crippen molar-refractivity contribution in [2.24, 2.45) is 5.92 Å². The van der Waals surface area contributed by atoms with Crippen molar-refractivity contribution in [2.75, 3.05) is 6.54 Å². The van der Waals surface area contributed by atoms with E-state index in [9.17, 15) is 9.90 Å². The Labute approximate surface area is 94.6 Å². The third kappa shape index (κ3) is 2.64. The summed E-state index contributed by atoms with van der Waals surface area (Å²) in [5.41, 5.74) is 0. The fraction of sp³-hybridized carbons (Fsp3) is 0.583. The van der Waals surface area contributed by atoms with E-state index in [1.807, 2.05) is 0 Å². The molecule has 0 saturated heterocycles. The van der Waals surface area contributed by atoms with Gasteiger partial charge in [0, 0.05) is 12.5 Å². The molecule has 1 amide bonds. The number of nitrogens with one attached hydrogen (secondary N) is 1. The van der Waals surface area contributed by atoms with E-state index in [2.05, 4.69) is 5.32 Å². The monoisotopic (exact) mass is 223 g/mol. The third-order valence-electron chi connectivity index (χ3n) is 3.06. The number of aliphatic hydroxyl groups excluding tert-OH is 1. The first-order valence-electron chi connectivity index (χ1n) is 5.76. The Morgan fingerprint density at radius 3 is 3.00 bits per heavy atom. The highest BCUT2D eigenvalue weighted by Gasteiger charge is 2.24. The van der Waals surface area contributed by atoms with Crippen molar-refractivity contribution in [1.29, 1.82) is 0 Å². The number of hydrogen-bond donors (Lipinski definition) is 2. The van der Waals surface area contributed by atoms with E-state index in [1.54, 1.807) is 12.1 Å². The highest BCUT2D eigenvalue weighted by molar-refractivity contribution is 5.79. The van der Waals surface area contributed by atoms with Crippen LogP contribution in [0.2, 0.25) is 0 Å². The molecule has 4 nitrogen and oxygen atoms in total. The van der Waals surface area contributed by atoms with Gasteiger partial charge in [-0.2, -0.15) is 0 Å². The summed E-state index contributed by atoms with van der Waals surface area (Å²) in [6.45, 7) is 0.497. The van der Waals surface area contributed by atoms with E-state index >= 15 is 0 Å². The number of carbonyl (C=O) groups excluding carboxylic acids is 1. The molecule has 0 aromatic carbocycles. The lowest BCUT2D eigenvalue weighted by Gasteiger charge is -2.24. The summed E-state index contributed by atoms with van der Waals surface area (Å²) < 4.78 is 5.07. The first-order valence-corrected chi connectivity index (χ1v) is 5.76. The van der Waals surface area contributed by atoms with Crippen LogP contribution in [0.5, 0.6) is 0 Å². The van der Waals surface area contributed by atoms with E-state index in [0.717, 1.165) is 19.3 Å². The van der Waals surface area contributed by atoms with Crippen molar-refractivity contribution in [3.8, 4) is 0 Å². The number of amides is 1. The SMILES string of the molecule is O=C(NCC[C@@H](O)c1ccco1)C1CCC1. The molecule has 1 aromatic heterocycles. The first-order chi connectivity index (χ1) is 7.77. The molecule has 4 heteroatoms. The number of rotatable bonds is 5. The quantitative estimate of drug-likeness (QED) is 0.797. The Hall–Kier alpha value is -1.29. The highest BCUT2D eigenvalue weighted by atomic mass is 16.4. The minimum atomic E-state index is -0.628. The van der Waals surface area contributed by atoms with Gasteiger partial charge in [0.2, 0.25) is 5.91 Å². The van der Waals surface area contributed by atoms with Crippen LogP contribution in [0.4, 0.5) is 0 Å². The third-order valence-corrected chi connectivity index (χ3v) is 3.06. The van der Waals surface area contributed by atoms with Crippen LogP contribution >= 0.6 is 0 Å². The molecule has 1 fully saturated rings. The van der Waals surface area contributed by atoms with Gasteiger partial charge in [-0.1, -0.05) is 6.42 Å². The van der Waals surface area contributed by atoms with Crippen LogP contribution in [0.1, 0.15) is 37.5 Å². The second-order valence-electron chi connectivity index (χ2n) is 4.24.